The van der Waals surface area contributed by atoms with Crippen molar-refractivity contribution in [2.24, 2.45) is 0 Å². The predicted octanol–water partition coefficient (Wildman–Crippen LogP) is 2.18. The van der Waals surface area contributed by atoms with E-state index in [1.54, 1.807) is 0 Å². The molecule has 2 N–H and O–H groups in total. The summed E-state index contributed by atoms with van der Waals surface area (Å²) in [5.41, 5.74) is 9.56. The van der Waals surface area contributed by atoms with Crippen molar-refractivity contribution in [2.45, 2.75) is 31.7 Å². The van der Waals surface area contributed by atoms with Gasteiger partial charge in [0.2, 0.25) is 0 Å². The monoisotopic (exact) mass is 188 g/mol. The lowest BCUT2D eigenvalue weighted by Gasteiger charge is -2.36. The molecule has 0 saturated heterocycles. The standard InChI is InChI=1S/C12H16N2/c13-10-4-5-12-9(8-10)6-7-14(12)11-2-1-3-11/h4-5,8,11H,1-3,6-7,13H2. The summed E-state index contributed by atoms with van der Waals surface area (Å²) in [5, 5.41) is 0. The predicted molar refractivity (Wildman–Crippen MR) is 59.5 cm³/mol. The first-order chi connectivity index (χ1) is 6.84. The van der Waals surface area contributed by atoms with Crippen LogP contribution < -0.4 is 10.6 Å². The number of benzene rings is 1. The van der Waals surface area contributed by atoms with Crippen LogP contribution in [0.25, 0.3) is 0 Å². The number of nitrogens with zero attached hydrogens (tertiary/aromatic N) is 1. The molecule has 1 aliphatic carbocycles. The molecule has 0 unspecified atom stereocenters. The molecule has 1 aliphatic heterocycles. The molecule has 1 saturated carbocycles. The fraction of sp³-hybridized carbons (Fsp3) is 0.500. The normalized spacial score (nSPS) is 20.7. The van der Waals surface area contributed by atoms with Gasteiger partial charge in [-0.15, -0.1) is 0 Å². The van der Waals surface area contributed by atoms with Gasteiger partial charge in [-0.1, -0.05) is 0 Å². The van der Waals surface area contributed by atoms with Crippen LogP contribution in [0, 0.1) is 0 Å². The molecule has 2 nitrogen and oxygen atoms in total. The van der Waals surface area contributed by atoms with Crippen molar-refractivity contribution in [1.29, 1.82) is 0 Å². The Morgan fingerprint density at radius 3 is 2.86 bits per heavy atom. The van der Waals surface area contributed by atoms with Gasteiger partial charge in [0, 0.05) is 24.0 Å². The molecular weight excluding hydrogens is 172 g/mol. The van der Waals surface area contributed by atoms with Crippen LogP contribution in [-0.4, -0.2) is 12.6 Å². The Kier molecular flexibility index (Phi) is 1.69. The summed E-state index contributed by atoms with van der Waals surface area (Å²) in [4.78, 5) is 2.57. The minimum absolute atomic E-state index is 0.819. The molecule has 1 fully saturated rings. The van der Waals surface area contributed by atoms with E-state index in [1.165, 1.54) is 43.5 Å². The lowest BCUT2D eigenvalue weighted by atomic mass is 9.91. The first-order valence-electron chi connectivity index (χ1n) is 5.49. The Morgan fingerprint density at radius 2 is 2.14 bits per heavy atom. The molecule has 1 aromatic rings. The molecule has 2 heteroatoms. The molecule has 2 aliphatic rings. The highest BCUT2D eigenvalue weighted by Gasteiger charge is 2.29. The summed E-state index contributed by atoms with van der Waals surface area (Å²) in [5.74, 6) is 0. The van der Waals surface area contributed by atoms with Crippen molar-refractivity contribution in [3.8, 4) is 0 Å². The van der Waals surface area contributed by atoms with Gasteiger partial charge >= 0.3 is 0 Å². The van der Waals surface area contributed by atoms with Gasteiger partial charge in [0.15, 0.2) is 0 Å². The minimum atomic E-state index is 0.819. The van der Waals surface area contributed by atoms with Crippen molar-refractivity contribution in [3.05, 3.63) is 23.8 Å². The maximum Gasteiger partial charge on any atom is 0.0403 e. The van der Waals surface area contributed by atoms with Crippen LogP contribution in [0.1, 0.15) is 24.8 Å². The number of hydrogen-bond donors (Lipinski definition) is 1. The van der Waals surface area contributed by atoms with Crippen LogP contribution in [0.4, 0.5) is 11.4 Å². The summed E-state index contributed by atoms with van der Waals surface area (Å²) in [6.45, 7) is 1.20. The van der Waals surface area contributed by atoms with Gasteiger partial charge in [-0.05, 0) is 49.4 Å². The van der Waals surface area contributed by atoms with Crippen molar-refractivity contribution in [2.75, 3.05) is 17.2 Å². The van der Waals surface area contributed by atoms with Crippen molar-refractivity contribution in [1.82, 2.24) is 0 Å². The number of fused-ring (bicyclic) bond motifs is 1. The Morgan fingerprint density at radius 1 is 1.29 bits per heavy atom. The zero-order valence-electron chi connectivity index (χ0n) is 8.37. The van der Waals surface area contributed by atoms with Crippen LogP contribution in [-0.2, 0) is 6.42 Å². The van der Waals surface area contributed by atoms with Crippen LogP contribution in [0.2, 0.25) is 0 Å². The topological polar surface area (TPSA) is 29.3 Å². The third-order valence-corrected chi connectivity index (χ3v) is 3.55. The molecule has 0 aromatic heterocycles. The Balaban J connectivity index is 1.93. The van der Waals surface area contributed by atoms with E-state index in [2.05, 4.69) is 17.0 Å². The van der Waals surface area contributed by atoms with E-state index in [4.69, 9.17) is 5.73 Å². The van der Waals surface area contributed by atoms with Crippen LogP contribution in [0.15, 0.2) is 18.2 Å². The summed E-state index contributed by atoms with van der Waals surface area (Å²) in [6, 6.07) is 7.17. The molecule has 3 rings (SSSR count). The first-order valence-corrected chi connectivity index (χ1v) is 5.49. The van der Waals surface area contributed by atoms with Crippen LogP contribution >= 0.6 is 0 Å². The quantitative estimate of drug-likeness (QED) is 0.684. The van der Waals surface area contributed by atoms with Gasteiger partial charge in [0.05, 0.1) is 0 Å². The molecule has 14 heavy (non-hydrogen) atoms. The molecule has 74 valence electrons. The number of nitrogens with two attached hydrogens (primary N) is 1. The van der Waals surface area contributed by atoms with E-state index < -0.39 is 0 Å². The molecular formula is C12H16N2. The molecule has 1 aromatic carbocycles. The van der Waals surface area contributed by atoms with Gasteiger partial charge < -0.3 is 10.6 Å². The average molecular weight is 188 g/mol. The summed E-state index contributed by atoms with van der Waals surface area (Å²) < 4.78 is 0. The fourth-order valence-electron chi connectivity index (χ4n) is 2.52. The minimum Gasteiger partial charge on any atom is -0.399 e. The molecule has 0 atom stereocenters. The Labute approximate surface area is 84.7 Å². The number of anilines is 2. The van der Waals surface area contributed by atoms with Crippen molar-refractivity contribution < 1.29 is 0 Å². The number of hydrogen-bond acceptors (Lipinski definition) is 2. The number of nitrogen functional groups attached to an aromatic ring is 1. The van der Waals surface area contributed by atoms with Crippen LogP contribution in [0.5, 0.6) is 0 Å². The number of rotatable bonds is 1. The van der Waals surface area contributed by atoms with E-state index in [0.29, 0.717) is 0 Å². The van der Waals surface area contributed by atoms with Gasteiger partial charge in [-0.25, -0.2) is 0 Å². The van der Waals surface area contributed by atoms with Crippen LogP contribution in [0.3, 0.4) is 0 Å². The largest absolute Gasteiger partial charge is 0.399 e. The van der Waals surface area contributed by atoms with Gasteiger partial charge in [-0.3, -0.25) is 0 Å². The summed E-state index contributed by atoms with van der Waals surface area (Å²) in [6.07, 6.45) is 5.34. The highest BCUT2D eigenvalue weighted by molar-refractivity contribution is 5.63. The maximum atomic E-state index is 5.78. The van der Waals surface area contributed by atoms with E-state index >= 15 is 0 Å². The Hall–Kier alpha value is -1.18. The third kappa shape index (κ3) is 1.10. The van der Waals surface area contributed by atoms with E-state index in [9.17, 15) is 0 Å². The second kappa shape index (κ2) is 2.91. The lowest BCUT2D eigenvalue weighted by Crippen LogP contribution is -2.38. The maximum absolute atomic E-state index is 5.78. The van der Waals surface area contributed by atoms with Gasteiger partial charge in [0.25, 0.3) is 0 Å². The zero-order chi connectivity index (χ0) is 9.54. The van der Waals surface area contributed by atoms with E-state index in [-0.39, 0.29) is 0 Å². The van der Waals surface area contributed by atoms with Crippen molar-refractivity contribution >= 4 is 11.4 Å². The van der Waals surface area contributed by atoms with Crippen molar-refractivity contribution in [3.63, 3.8) is 0 Å². The van der Waals surface area contributed by atoms with E-state index in [1.807, 2.05) is 6.07 Å². The zero-order valence-corrected chi connectivity index (χ0v) is 8.37. The highest BCUT2D eigenvalue weighted by atomic mass is 15.2. The summed E-state index contributed by atoms with van der Waals surface area (Å²) >= 11 is 0. The summed E-state index contributed by atoms with van der Waals surface area (Å²) in [7, 11) is 0. The second-order valence-corrected chi connectivity index (χ2v) is 4.42. The average Bonchev–Trinajstić information content (AvgIpc) is 2.45. The Bertz CT molecular complexity index is 355. The molecule has 0 spiro atoms. The molecule has 1 heterocycles. The lowest BCUT2D eigenvalue weighted by molar-refractivity contribution is 0.392. The third-order valence-electron chi connectivity index (χ3n) is 3.55. The molecule has 0 amide bonds. The molecule has 0 bridgehead atoms. The fourth-order valence-corrected chi connectivity index (χ4v) is 2.52. The second-order valence-electron chi connectivity index (χ2n) is 4.42. The van der Waals surface area contributed by atoms with E-state index in [0.717, 1.165) is 11.7 Å². The smallest absolute Gasteiger partial charge is 0.0403 e. The van der Waals surface area contributed by atoms with Gasteiger partial charge in [-0.2, -0.15) is 0 Å². The van der Waals surface area contributed by atoms with Gasteiger partial charge in [0.1, 0.15) is 0 Å². The molecule has 0 radical (unpaired) electrons. The SMILES string of the molecule is Nc1ccc2c(c1)CCN2C1CCC1. The highest BCUT2D eigenvalue weighted by Crippen LogP contribution is 2.36. The first kappa shape index (κ1) is 8.16.